The summed E-state index contributed by atoms with van der Waals surface area (Å²) in [7, 11) is -1.93. The van der Waals surface area contributed by atoms with Gasteiger partial charge in [0.25, 0.3) is 10.0 Å². The first-order valence-corrected chi connectivity index (χ1v) is 8.17. The van der Waals surface area contributed by atoms with Crippen molar-refractivity contribution in [2.45, 2.75) is 4.90 Å². The minimum atomic E-state index is -3.75. The summed E-state index contributed by atoms with van der Waals surface area (Å²) in [5, 5.41) is 7.78. The third-order valence-electron chi connectivity index (χ3n) is 3.23. The molecule has 0 spiro atoms. The summed E-state index contributed by atoms with van der Waals surface area (Å²) in [6.07, 6.45) is 1.58. The molecule has 0 bridgehead atoms. The van der Waals surface area contributed by atoms with E-state index in [2.05, 4.69) is 14.9 Å². The standard InChI is InChI=1S/C15H13FN4O2S/c1-20-10-17-18-15(20)11-2-6-13(7-3-11)19-23(21,22)14-8-4-12(16)5-9-14/h2-10,19H,1H3. The summed E-state index contributed by atoms with van der Waals surface area (Å²) in [6.45, 7) is 0. The average molecular weight is 332 g/mol. The molecule has 23 heavy (non-hydrogen) atoms. The van der Waals surface area contributed by atoms with Crippen molar-refractivity contribution in [2.75, 3.05) is 4.72 Å². The molecule has 0 fully saturated rings. The summed E-state index contributed by atoms with van der Waals surface area (Å²) in [4.78, 5) is -0.00345. The molecule has 8 heteroatoms. The van der Waals surface area contributed by atoms with Crippen LogP contribution in [0.2, 0.25) is 0 Å². The number of aromatic nitrogens is 3. The van der Waals surface area contributed by atoms with Crippen LogP contribution in [0.15, 0.2) is 59.8 Å². The minimum absolute atomic E-state index is 0.00345. The van der Waals surface area contributed by atoms with Gasteiger partial charge in [-0.3, -0.25) is 4.72 Å². The molecule has 0 aliphatic carbocycles. The topological polar surface area (TPSA) is 76.9 Å². The number of nitrogens with zero attached hydrogens (tertiary/aromatic N) is 3. The van der Waals surface area contributed by atoms with Gasteiger partial charge >= 0.3 is 0 Å². The lowest BCUT2D eigenvalue weighted by atomic mass is 10.2. The highest BCUT2D eigenvalue weighted by atomic mass is 32.2. The highest BCUT2D eigenvalue weighted by molar-refractivity contribution is 7.92. The summed E-state index contributed by atoms with van der Waals surface area (Å²) in [5.41, 5.74) is 1.22. The van der Waals surface area contributed by atoms with E-state index in [0.29, 0.717) is 11.5 Å². The summed E-state index contributed by atoms with van der Waals surface area (Å²) in [5.74, 6) is 0.190. The molecule has 1 aromatic heterocycles. The van der Waals surface area contributed by atoms with Crippen LogP contribution in [0.4, 0.5) is 10.1 Å². The fourth-order valence-corrected chi connectivity index (χ4v) is 3.12. The van der Waals surface area contributed by atoms with E-state index >= 15 is 0 Å². The van der Waals surface area contributed by atoms with Gasteiger partial charge in [0.1, 0.15) is 12.1 Å². The monoisotopic (exact) mass is 332 g/mol. The van der Waals surface area contributed by atoms with E-state index in [0.717, 1.165) is 17.7 Å². The zero-order valence-corrected chi connectivity index (χ0v) is 13.0. The Morgan fingerprint density at radius 1 is 1.04 bits per heavy atom. The summed E-state index contributed by atoms with van der Waals surface area (Å²) < 4.78 is 41.5. The molecule has 0 unspecified atom stereocenters. The number of hydrogen-bond acceptors (Lipinski definition) is 4. The van der Waals surface area contributed by atoms with E-state index in [1.54, 1.807) is 35.2 Å². The Morgan fingerprint density at radius 3 is 2.26 bits per heavy atom. The summed E-state index contributed by atoms with van der Waals surface area (Å²) >= 11 is 0. The Kier molecular flexibility index (Phi) is 3.83. The number of aryl methyl sites for hydroxylation is 1. The maximum atomic E-state index is 12.9. The van der Waals surface area contributed by atoms with Crippen LogP contribution in [0.1, 0.15) is 0 Å². The molecule has 1 N–H and O–H groups in total. The maximum Gasteiger partial charge on any atom is 0.261 e. The second-order valence-electron chi connectivity index (χ2n) is 4.90. The van der Waals surface area contributed by atoms with E-state index in [-0.39, 0.29) is 4.90 Å². The third kappa shape index (κ3) is 3.21. The van der Waals surface area contributed by atoms with Crippen molar-refractivity contribution >= 4 is 15.7 Å². The van der Waals surface area contributed by atoms with Crippen LogP contribution in [0.3, 0.4) is 0 Å². The van der Waals surface area contributed by atoms with Crippen LogP contribution >= 0.6 is 0 Å². The first-order valence-electron chi connectivity index (χ1n) is 6.68. The zero-order valence-electron chi connectivity index (χ0n) is 12.1. The zero-order chi connectivity index (χ0) is 16.4. The number of halogens is 1. The Morgan fingerprint density at radius 2 is 1.70 bits per heavy atom. The first kappa shape index (κ1) is 15.2. The molecule has 0 amide bonds. The van der Waals surface area contributed by atoms with Crippen LogP contribution in [-0.2, 0) is 17.1 Å². The number of hydrogen-bond donors (Lipinski definition) is 1. The lowest BCUT2D eigenvalue weighted by Crippen LogP contribution is -2.12. The molecular weight excluding hydrogens is 319 g/mol. The Balaban J connectivity index is 1.83. The molecule has 0 radical (unpaired) electrons. The second-order valence-corrected chi connectivity index (χ2v) is 6.58. The van der Waals surface area contributed by atoms with Crippen molar-refractivity contribution in [1.29, 1.82) is 0 Å². The minimum Gasteiger partial charge on any atom is -0.317 e. The molecule has 1 heterocycles. The molecule has 0 saturated heterocycles. The Labute approximate surface area is 132 Å². The number of sulfonamides is 1. The van der Waals surface area contributed by atoms with Crippen LogP contribution < -0.4 is 4.72 Å². The maximum absolute atomic E-state index is 12.9. The van der Waals surface area contributed by atoms with Crippen molar-refractivity contribution < 1.29 is 12.8 Å². The number of rotatable bonds is 4. The fourth-order valence-electron chi connectivity index (χ4n) is 2.06. The number of nitrogens with one attached hydrogen (secondary N) is 1. The van der Waals surface area contributed by atoms with Crippen molar-refractivity contribution in [3.8, 4) is 11.4 Å². The van der Waals surface area contributed by atoms with Gasteiger partial charge in [-0.05, 0) is 48.5 Å². The van der Waals surface area contributed by atoms with E-state index in [9.17, 15) is 12.8 Å². The van der Waals surface area contributed by atoms with Gasteiger partial charge in [-0.15, -0.1) is 10.2 Å². The smallest absolute Gasteiger partial charge is 0.261 e. The predicted octanol–water partition coefficient (Wildman–Crippen LogP) is 2.42. The van der Waals surface area contributed by atoms with Crippen LogP contribution in [-0.4, -0.2) is 23.2 Å². The summed E-state index contributed by atoms with van der Waals surface area (Å²) in [6, 6.07) is 11.4. The van der Waals surface area contributed by atoms with Gasteiger partial charge < -0.3 is 4.57 Å². The molecule has 3 rings (SSSR count). The highest BCUT2D eigenvalue weighted by Gasteiger charge is 2.14. The number of benzene rings is 2. The van der Waals surface area contributed by atoms with Crippen molar-refractivity contribution in [2.24, 2.45) is 7.05 Å². The van der Waals surface area contributed by atoms with Crippen LogP contribution in [0.5, 0.6) is 0 Å². The Bertz CT molecular complexity index is 919. The lowest BCUT2D eigenvalue weighted by Gasteiger charge is -2.09. The largest absolute Gasteiger partial charge is 0.317 e. The van der Waals surface area contributed by atoms with E-state index in [4.69, 9.17) is 0 Å². The second kappa shape index (κ2) is 5.81. The van der Waals surface area contributed by atoms with E-state index in [1.165, 1.54) is 12.1 Å². The van der Waals surface area contributed by atoms with E-state index < -0.39 is 15.8 Å². The molecule has 0 atom stereocenters. The van der Waals surface area contributed by atoms with Crippen molar-refractivity contribution in [1.82, 2.24) is 14.8 Å². The first-order chi connectivity index (χ1) is 11.0. The molecule has 0 aliphatic heterocycles. The normalized spacial score (nSPS) is 11.4. The van der Waals surface area contributed by atoms with Gasteiger partial charge in [-0.2, -0.15) is 0 Å². The lowest BCUT2D eigenvalue weighted by molar-refractivity contribution is 0.599. The van der Waals surface area contributed by atoms with Crippen molar-refractivity contribution in [3.63, 3.8) is 0 Å². The number of anilines is 1. The predicted molar refractivity (Wildman–Crippen MR) is 83.6 cm³/mol. The van der Waals surface area contributed by atoms with Crippen molar-refractivity contribution in [3.05, 3.63) is 60.7 Å². The van der Waals surface area contributed by atoms with Gasteiger partial charge in [0.15, 0.2) is 5.82 Å². The Hall–Kier alpha value is -2.74. The van der Waals surface area contributed by atoms with Gasteiger partial charge in [-0.1, -0.05) is 0 Å². The molecule has 0 aliphatic rings. The fraction of sp³-hybridized carbons (Fsp3) is 0.0667. The van der Waals surface area contributed by atoms with Gasteiger partial charge in [-0.25, -0.2) is 12.8 Å². The average Bonchev–Trinajstić information content (AvgIpc) is 2.94. The van der Waals surface area contributed by atoms with Gasteiger partial charge in [0.2, 0.25) is 0 Å². The van der Waals surface area contributed by atoms with E-state index in [1.807, 2.05) is 7.05 Å². The van der Waals surface area contributed by atoms with Gasteiger partial charge in [0, 0.05) is 18.3 Å². The SMILES string of the molecule is Cn1cnnc1-c1ccc(NS(=O)(=O)c2ccc(F)cc2)cc1. The van der Waals surface area contributed by atoms with Crippen LogP contribution in [0.25, 0.3) is 11.4 Å². The molecule has 3 aromatic rings. The third-order valence-corrected chi connectivity index (χ3v) is 4.63. The molecule has 0 saturated carbocycles. The molecule has 118 valence electrons. The molecule has 2 aromatic carbocycles. The van der Waals surface area contributed by atoms with Crippen LogP contribution in [0, 0.1) is 5.82 Å². The molecule has 6 nitrogen and oxygen atoms in total. The quantitative estimate of drug-likeness (QED) is 0.796. The molecular formula is C15H13FN4O2S. The van der Waals surface area contributed by atoms with Gasteiger partial charge in [0.05, 0.1) is 4.90 Å². The highest BCUT2D eigenvalue weighted by Crippen LogP contribution is 2.21.